The van der Waals surface area contributed by atoms with Crippen LogP contribution in [0.2, 0.25) is 0 Å². The molecule has 1 heterocycles. The highest BCUT2D eigenvalue weighted by atomic mass is 19.4. The Morgan fingerprint density at radius 3 is 2.33 bits per heavy atom. The second-order valence-electron chi connectivity index (χ2n) is 4.29. The maximum absolute atomic E-state index is 11.9. The van der Waals surface area contributed by atoms with Crippen molar-refractivity contribution in [1.29, 1.82) is 0 Å². The molecule has 7 heteroatoms. The van der Waals surface area contributed by atoms with Gasteiger partial charge >= 0.3 is 6.18 Å². The Morgan fingerprint density at radius 1 is 1.28 bits per heavy atom. The van der Waals surface area contributed by atoms with Crippen molar-refractivity contribution < 1.29 is 17.9 Å². The average Bonchev–Trinajstić information content (AvgIpc) is 2.13. The number of aromatic nitrogens is 2. The summed E-state index contributed by atoms with van der Waals surface area (Å²) in [6.45, 7) is 4.02. The van der Waals surface area contributed by atoms with Crippen LogP contribution in [0.1, 0.15) is 36.8 Å². The zero-order valence-electron chi connectivity index (χ0n) is 10.5. The Labute approximate surface area is 103 Å². The van der Waals surface area contributed by atoms with E-state index in [-0.39, 0.29) is 18.3 Å². The molecular weight excluding hydrogens is 247 g/mol. The Kier molecular flexibility index (Phi) is 4.50. The fourth-order valence-electron chi connectivity index (χ4n) is 1.70. The van der Waals surface area contributed by atoms with Gasteiger partial charge in [0.1, 0.15) is 19.0 Å². The molecule has 0 fully saturated rings. The van der Waals surface area contributed by atoms with E-state index >= 15 is 0 Å². The maximum Gasteiger partial charge on any atom is 0.411 e. The second-order valence-corrected chi connectivity index (χ2v) is 4.29. The molecule has 0 amide bonds. The van der Waals surface area contributed by atoms with Crippen LogP contribution in [-0.2, 0) is 11.3 Å². The van der Waals surface area contributed by atoms with Gasteiger partial charge in [0.2, 0.25) is 0 Å². The zero-order chi connectivity index (χ0) is 13.9. The van der Waals surface area contributed by atoms with Crippen LogP contribution in [0.4, 0.5) is 19.0 Å². The summed E-state index contributed by atoms with van der Waals surface area (Å²) in [7, 11) is 0. The van der Waals surface area contributed by atoms with Gasteiger partial charge in [0, 0.05) is 11.3 Å². The van der Waals surface area contributed by atoms with Crippen molar-refractivity contribution in [1.82, 2.24) is 9.97 Å². The number of nitrogen functional groups attached to an aromatic ring is 1. The van der Waals surface area contributed by atoms with E-state index in [1.807, 2.05) is 13.8 Å². The summed E-state index contributed by atoms with van der Waals surface area (Å²) in [6, 6.07) is 0. The number of halogens is 3. The minimum Gasteiger partial charge on any atom is -0.383 e. The number of aryl methyl sites for hydroxylation is 1. The highest BCUT2D eigenvalue weighted by molar-refractivity contribution is 5.43. The fourth-order valence-corrected chi connectivity index (χ4v) is 1.70. The molecule has 102 valence electrons. The maximum atomic E-state index is 11.9. The van der Waals surface area contributed by atoms with Gasteiger partial charge in [-0.05, 0) is 12.8 Å². The Morgan fingerprint density at radius 2 is 1.89 bits per heavy atom. The van der Waals surface area contributed by atoms with Gasteiger partial charge in [-0.15, -0.1) is 0 Å². The summed E-state index contributed by atoms with van der Waals surface area (Å²) in [5.41, 5.74) is 7.24. The molecule has 0 aliphatic carbocycles. The molecule has 18 heavy (non-hydrogen) atoms. The van der Waals surface area contributed by atoms with Gasteiger partial charge in [-0.2, -0.15) is 13.2 Å². The first kappa shape index (κ1) is 14.7. The van der Waals surface area contributed by atoms with Crippen LogP contribution in [0.15, 0.2) is 0 Å². The molecule has 1 aromatic heterocycles. The highest BCUT2D eigenvalue weighted by Gasteiger charge is 2.27. The Hall–Kier alpha value is -1.37. The summed E-state index contributed by atoms with van der Waals surface area (Å²) in [4.78, 5) is 8.04. The van der Waals surface area contributed by atoms with Crippen molar-refractivity contribution >= 4 is 5.82 Å². The minimum absolute atomic E-state index is 0.162. The van der Waals surface area contributed by atoms with Gasteiger partial charge in [-0.1, -0.05) is 13.8 Å². The number of rotatable bonds is 4. The van der Waals surface area contributed by atoms with E-state index in [9.17, 15) is 13.2 Å². The van der Waals surface area contributed by atoms with Crippen molar-refractivity contribution in [2.24, 2.45) is 0 Å². The molecular formula is C11H16F3N3O. The molecule has 0 bridgehead atoms. The largest absolute Gasteiger partial charge is 0.411 e. The van der Waals surface area contributed by atoms with Crippen molar-refractivity contribution in [3.05, 3.63) is 17.1 Å². The lowest BCUT2D eigenvalue weighted by molar-refractivity contribution is -0.177. The first-order valence-electron chi connectivity index (χ1n) is 5.48. The molecule has 0 aliphatic heterocycles. The molecule has 0 radical (unpaired) electrons. The van der Waals surface area contributed by atoms with Crippen LogP contribution >= 0.6 is 0 Å². The molecule has 0 saturated carbocycles. The van der Waals surface area contributed by atoms with Crippen molar-refractivity contribution in [3.8, 4) is 0 Å². The van der Waals surface area contributed by atoms with E-state index in [4.69, 9.17) is 5.73 Å². The standard InChI is InChI=1S/C11H16F3N3O/c1-6(2)9-7(3)16-8(17-10(9)15)4-18-5-11(12,13)14/h6H,4-5H2,1-3H3,(H2,15,16,17). The van der Waals surface area contributed by atoms with Crippen LogP contribution in [0.5, 0.6) is 0 Å². The molecule has 1 rings (SSSR count). The summed E-state index contributed by atoms with van der Waals surface area (Å²) in [6.07, 6.45) is -4.35. The molecule has 0 unspecified atom stereocenters. The predicted molar refractivity (Wildman–Crippen MR) is 61.0 cm³/mol. The molecule has 2 N–H and O–H groups in total. The molecule has 1 aromatic rings. The SMILES string of the molecule is Cc1nc(COCC(F)(F)F)nc(N)c1C(C)C. The van der Waals surface area contributed by atoms with E-state index in [0.29, 0.717) is 11.5 Å². The summed E-state index contributed by atoms with van der Waals surface area (Å²) >= 11 is 0. The number of alkyl halides is 3. The molecule has 4 nitrogen and oxygen atoms in total. The van der Waals surface area contributed by atoms with Crippen molar-refractivity contribution in [2.45, 2.75) is 39.5 Å². The third-order valence-corrected chi connectivity index (χ3v) is 2.29. The lowest BCUT2D eigenvalue weighted by Crippen LogP contribution is -2.18. The quantitative estimate of drug-likeness (QED) is 0.906. The first-order valence-corrected chi connectivity index (χ1v) is 5.48. The smallest absolute Gasteiger partial charge is 0.383 e. The Bertz CT molecular complexity index is 395. The molecule has 0 spiro atoms. The van der Waals surface area contributed by atoms with Crippen LogP contribution in [0, 0.1) is 6.92 Å². The number of nitrogens with zero attached hydrogens (tertiary/aromatic N) is 2. The second kappa shape index (κ2) is 5.51. The van der Waals surface area contributed by atoms with Gasteiger partial charge in [0.25, 0.3) is 0 Å². The number of nitrogens with two attached hydrogens (primary N) is 1. The lowest BCUT2D eigenvalue weighted by Gasteiger charge is -2.13. The van der Waals surface area contributed by atoms with Crippen LogP contribution in [0.25, 0.3) is 0 Å². The topological polar surface area (TPSA) is 61.0 Å². The lowest BCUT2D eigenvalue weighted by atomic mass is 10.0. The van der Waals surface area contributed by atoms with Crippen molar-refractivity contribution in [3.63, 3.8) is 0 Å². The summed E-state index contributed by atoms with van der Waals surface area (Å²) in [5.74, 6) is 0.622. The number of hydrogen-bond donors (Lipinski definition) is 1. The molecule has 0 aromatic carbocycles. The first-order chi connectivity index (χ1) is 8.20. The van der Waals surface area contributed by atoms with Crippen LogP contribution in [0.3, 0.4) is 0 Å². The number of hydrogen-bond acceptors (Lipinski definition) is 4. The summed E-state index contributed by atoms with van der Waals surface area (Å²) < 4.78 is 40.2. The fraction of sp³-hybridized carbons (Fsp3) is 0.636. The van der Waals surface area contributed by atoms with Crippen molar-refractivity contribution in [2.75, 3.05) is 12.3 Å². The number of anilines is 1. The molecule has 0 saturated heterocycles. The van der Waals surface area contributed by atoms with Gasteiger partial charge in [0.05, 0.1) is 0 Å². The van der Waals surface area contributed by atoms with Crippen LogP contribution in [-0.4, -0.2) is 22.8 Å². The van der Waals surface area contributed by atoms with Gasteiger partial charge < -0.3 is 10.5 Å². The van der Waals surface area contributed by atoms with E-state index in [1.54, 1.807) is 6.92 Å². The minimum atomic E-state index is -4.35. The van der Waals surface area contributed by atoms with E-state index in [0.717, 1.165) is 5.56 Å². The van der Waals surface area contributed by atoms with E-state index < -0.39 is 12.8 Å². The number of ether oxygens (including phenoxy) is 1. The van der Waals surface area contributed by atoms with Gasteiger partial charge in [0.15, 0.2) is 5.82 Å². The third-order valence-electron chi connectivity index (χ3n) is 2.29. The summed E-state index contributed by atoms with van der Waals surface area (Å²) in [5, 5.41) is 0. The molecule has 0 atom stereocenters. The van der Waals surface area contributed by atoms with E-state index in [2.05, 4.69) is 14.7 Å². The highest BCUT2D eigenvalue weighted by Crippen LogP contribution is 2.23. The Balaban J connectivity index is 2.75. The third kappa shape index (κ3) is 4.14. The monoisotopic (exact) mass is 263 g/mol. The van der Waals surface area contributed by atoms with Crippen LogP contribution < -0.4 is 5.73 Å². The van der Waals surface area contributed by atoms with Gasteiger partial charge in [-0.3, -0.25) is 0 Å². The average molecular weight is 263 g/mol. The molecule has 0 aliphatic rings. The van der Waals surface area contributed by atoms with E-state index in [1.165, 1.54) is 0 Å². The van der Waals surface area contributed by atoms with Gasteiger partial charge in [-0.25, -0.2) is 9.97 Å². The predicted octanol–water partition coefficient (Wildman–Crippen LogP) is 2.57. The normalized spacial score (nSPS) is 12.2. The zero-order valence-corrected chi connectivity index (χ0v) is 10.5.